The molecule has 2 aliphatic rings. The van der Waals surface area contributed by atoms with E-state index in [1.165, 1.54) is 0 Å². The number of ether oxygens (including phenoxy) is 3. The van der Waals surface area contributed by atoms with E-state index in [0.717, 1.165) is 4.90 Å². The van der Waals surface area contributed by atoms with Gasteiger partial charge in [-0.1, -0.05) is 60.7 Å². The number of amides is 3. The molecule has 0 spiro atoms. The molecule has 3 aromatic rings. The molecule has 0 radical (unpaired) electrons. The van der Waals surface area contributed by atoms with E-state index in [2.05, 4.69) is 10.6 Å². The molecule has 5 unspecified atom stereocenters. The third-order valence-electron chi connectivity index (χ3n) is 10.3. The van der Waals surface area contributed by atoms with Crippen LogP contribution in [0.1, 0.15) is 41.5 Å². The number of aromatic hydroxyl groups is 3. The molecule has 0 aromatic heterocycles. The second-order valence-electron chi connectivity index (χ2n) is 15.3. The van der Waals surface area contributed by atoms with Crippen LogP contribution in [0.2, 0.25) is 0 Å². The summed E-state index contributed by atoms with van der Waals surface area (Å²) in [6.07, 6.45) is -7.61. The molecule has 25 heteroatoms. The van der Waals surface area contributed by atoms with Crippen molar-refractivity contribution in [2.45, 2.75) is 86.3 Å². The van der Waals surface area contributed by atoms with Gasteiger partial charge < -0.3 is 107 Å². The van der Waals surface area contributed by atoms with Crippen molar-refractivity contribution in [1.29, 1.82) is 0 Å². The summed E-state index contributed by atoms with van der Waals surface area (Å²) in [7, 11) is 0. The molecule has 3 amide bonds. The first-order chi connectivity index (χ1) is 29.7. The third-order valence-corrected chi connectivity index (χ3v) is 10.3. The highest BCUT2D eigenvalue weighted by molar-refractivity contribution is 5.93. The number of phenols is 3. The molecule has 0 saturated carbocycles. The Labute approximate surface area is 361 Å². The molecular formula is C39H49N3O22. The minimum atomic E-state index is -4.16. The number of hydrogen-bond acceptors (Lipinski definition) is 22. The molecule has 2 fully saturated rings. The monoisotopic (exact) mass is 911 g/mol. The number of benzene rings is 3. The summed E-state index contributed by atoms with van der Waals surface area (Å²) >= 11 is 0. The average Bonchev–Trinajstić information content (AvgIpc) is 3.92. The Bertz CT molecular complexity index is 2060. The van der Waals surface area contributed by atoms with Crippen molar-refractivity contribution in [3.8, 4) is 23.0 Å². The zero-order chi connectivity index (χ0) is 47.6. The number of carbonyl (C=O) groups is 3. The Balaban J connectivity index is 1.45. The molecule has 352 valence electrons. The highest BCUT2D eigenvalue weighted by Crippen LogP contribution is 2.52. The summed E-state index contributed by atoms with van der Waals surface area (Å²) in [4.78, 5) is 41.9. The maximum absolute atomic E-state index is 14.3. The van der Waals surface area contributed by atoms with Gasteiger partial charge in [-0.3, -0.25) is 14.5 Å². The van der Waals surface area contributed by atoms with Crippen molar-refractivity contribution in [2.75, 3.05) is 19.7 Å². The molecular weight excluding hydrogens is 862 g/mol. The van der Waals surface area contributed by atoms with Gasteiger partial charge in [0.25, 0.3) is 11.6 Å². The maximum atomic E-state index is 14.3. The van der Waals surface area contributed by atoms with E-state index >= 15 is 0 Å². The van der Waals surface area contributed by atoms with Crippen molar-refractivity contribution in [3.05, 3.63) is 82.9 Å². The molecule has 0 aliphatic carbocycles. The number of aliphatic hydroxyl groups is 13. The second-order valence-corrected chi connectivity index (χ2v) is 15.3. The Morgan fingerprint density at radius 3 is 1.80 bits per heavy atom. The van der Waals surface area contributed by atoms with Crippen LogP contribution >= 0.6 is 0 Å². The van der Waals surface area contributed by atoms with E-state index in [0.29, 0.717) is 11.1 Å². The molecule has 0 bridgehead atoms. The maximum Gasteiger partial charge on any atom is 0.320 e. The van der Waals surface area contributed by atoms with Crippen molar-refractivity contribution < 1.29 is 110 Å². The van der Waals surface area contributed by atoms with Gasteiger partial charge in [-0.05, 0) is 42.7 Å². The van der Waals surface area contributed by atoms with Gasteiger partial charge in [0.2, 0.25) is 18.1 Å². The van der Waals surface area contributed by atoms with Crippen LogP contribution in [0, 0.1) is 5.92 Å². The van der Waals surface area contributed by atoms with Crippen LogP contribution in [-0.4, -0.2) is 166 Å². The fourth-order valence-electron chi connectivity index (χ4n) is 7.32. The quantitative estimate of drug-likeness (QED) is 0.0270. The molecule has 2 aliphatic heterocycles. The number of aliphatic hydroxyl groups excluding tert-OH is 1. The normalized spacial score (nSPS) is 19.8. The molecule has 5 rings (SSSR count). The number of hydrogen-bond donors (Lipinski definition) is 18. The predicted molar refractivity (Wildman–Crippen MR) is 206 cm³/mol. The van der Waals surface area contributed by atoms with Crippen LogP contribution in [0.25, 0.3) is 0 Å². The Morgan fingerprint density at radius 1 is 0.797 bits per heavy atom. The lowest BCUT2D eigenvalue weighted by Crippen LogP contribution is -2.63. The van der Waals surface area contributed by atoms with Crippen LogP contribution < -0.4 is 15.4 Å². The summed E-state index contributed by atoms with van der Waals surface area (Å²) < 4.78 is 15.7. The smallest absolute Gasteiger partial charge is 0.320 e. The van der Waals surface area contributed by atoms with Crippen LogP contribution in [0.3, 0.4) is 0 Å². The SMILES string of the molecule is O=C(COc1c(C(O)(O)O)c(O)c(O)c(O)c1C(O)(O)O)CC(Cc1ccccc1)C(O)CC(Cc1ccccc1)NC(=O)C1(N2CCCNC2=O)OC1OC(C(O)(O)O)C(O)(O)O. The van der Waals surface area contributed by atoms with E-state index in [-0.39, 0.29) is 38.8 Å². The van der Waals surface area contributed by atoms with Gasteiger partial charge in [-0.25, -0.2) is 4.79 Å². The zero-order valence-electron chi connectivity index (χ0n) is 33.4. The highest BCUT2D eigenvalue weighted by atomic mass is 16.8. The molecule has 5 atom stereocenters. The van der Waals surface area contributed by atoms with Crippen molar-refractivity contribution in [3.63, 3.8) is 0 Å². The zero-order valence-corrected chi connectivity index (χ0v) is 33.4. The fraction of sp³-hybridized carbons (Fsp3) is 0.462. The second kappa shape index (κ2) is 19.0. The first kappa shape index (κ1) is 49.7. The number of Topliss-reactive ketones (excluding diaryl/α,β-unsaturated/α-hetero) is 1. The largest absolute Gasteiger partial charge is 0.504 e. The number of urea groups is 1. The van der Waals surface area contributed by atoms with E-state index in [9.17, 15) is 96.1 Å². The van der Waals surface area contributed by atoms with Gasteiger partial charge in [-0.15, -0.1) is 0 Å². The number of epoxide rings is 1. The summed E-state index contributed by atoms with van der Waals surface area (Å²) in [5.41, 5.74) is -4.63. The molecule has 25 nitrogen and oxygen atoms in total. The van der Waals surface area contributed by atoms with E-state index < -0.39 is 125 Å². The van der Waals surface area contributed by atoms with Gasteiger partial charge >= 0.3 is 29.9 Å². The number of nitrogens with one attached hydrogen (secondary N) is 2. The van der Waals surface area contributed by atoms with Gasteiger partial charge in [0.05, 0.1) is 6.10 Å². The average molecular weight is 912 g/mol. The van der Waals surface area contributed by atoms with Crippen molar-refractivity contribution >= 4 is 17.7 Å². The highest BCUT2D eigenvalue weighted by Gasteiger charge is 2.72. The van der Waals surface area contributed by atoms with E-state index in [1.807, 2.05) is 0 Å². The third kappa shape index (κ3) is 11.5. The van der Waals surface area contributed by atoms with Crippen LogP contribution in [0.4, 0.5) is 4.79 Å². The number of nitrogens with zero attached hydrogens (tertiary/aromatic N) is 1. The molecule has 2 saturated heterocycles. The van der Waals surface area contributed by atoms with Crippen LogP contribution in [0.15, 0.2) is 60.7 Å². The minimum absolute atomic E-state index is 0.0497. The Morgan fingerprint density at radius 2 is 1.31 bits per heavy atom. The summed E-state index contributed by atoms with van der Waals surface area (Å²) in [6, 6.07) is 14.6. The standard InChI is InChI=1S/C39H49N3O22/c43-23(18-62-30-25(36(50,51)52)27(45)29(47)28(46)26(30)37(53,54)55)16-21(14-19-8-3-1-4-9-19)24(44)17-22(15-20-10-5-2-6-11-20)41-32(48)35(42-13-7-12-40-34(42)49)33(64-35)63-31(38(56,57)58)39(59,60)61/h1-6,8-11,21-22,24,31,33,44-47,50-61H,7,12-18H2,(H,40,49)(H,41,48). The number of rotatable bonds is 21. The number of ketones is 1. The summed E-state index contributed by atoms with van der Waals surface area (Å²) in [6.45, 7) is -1.23. The topological polar surface area (TPSA) is 433 Å². The van der Waals surface area contributed by atoms with Gasteiger partial charge in [0.1, 0.15) is 23.5 Å². The van der Waals surface area contributed by atoms with Gasteiger partial charge in [0.15, 0.2) is 17.3 Å². The minimum Gasteiger partial charge on any atom is -0.504 e. The first-order valence-electron chi connectivity index (χ1n) is 19.3. The lowest BCUT2D eigenvalue weighted by molar-refractivity contribution is -0.461. The van der Waals surface area contributed by atoms with Crippen molar-refractivity contribution in [2.24, 2.45) is 5.92 Å². The van der Waals surface area contributed by atoms with Crippen molar-refractivity contribution in [1.82, 2.24) is 15.5 Å². The number of phenolic OH excluding ortho intramolecular Hbond substituents is 3. The molecule has 64 heavy (non-hydrogen) atoms. The molecule has 2 heterocycles. The van der Waals surface area contributed by atoms with Crippen LogP contribution in [-0.2, 0) is 43.9 Å². The molecule has 3 aromatic carbocycles. The fourth-order valence-corrected chi connectivity index (χ4v) is 7.32. The molecule has 18 N–H and O–H groups in total. The number of carbonyl (C=O) groups excluding carboxylic acids is 3. The lowest BCUT2D eigenvalue weighted by atomic mass is 9.85. The van der Waals surface area contributed by atoms with E-state index in [4.69, 9.17) is 14.2 Å². The lowest BCUT2D eigenvalue weighted by Gasteiger charge is -2.35. The predicted octanol–water partition coefficient (Wildman–Crippen LogP) is -5.23. The summed E-state index contributed by atoms with van der Waals surface area (Å²) in [5, 5.41) is 165. The van der Waals surface area contributed by atoms with Gasteiger partial charge in [0, 0.05) is 25.6 Å². The van der Waals surface area contributed by atoms with Gasteiger partial charge in [-0.2, -0.15) is 0 Å². The Hall–Kier alpha value is -5.33. The summed E-state index contributed by atoms with van der Waals surface area (Å²) in [5.74, 6) is -26.3. The first-order valence-corrected chi connectivity index (χ1v) is 19.3. The van der Waals surface area contributed by atoms with Crippen LogP contribution in [0.5, 0.6) is 23.0 Å². The Kier molecular flexibility index (Phi) is 14.8. The van der Waals surface area contributed by atoms with E-state index in [1.54, 1.807) is 60.7 Å².